The first-order valence-corrected chi connectivity index (χ1v) is 7.03. The molecule has 17 heavy (non-hydrogen) atoms. The van der Waals surface area contributed by atoms with E-state index in [0.717, 1.165) is 4.91 Å². The van der Waals surface area contributed by atoms with Crippen molar-refractivity contribution in [3.8, 4) is 0 Å². The van der Waals surface area contributed by atoms with Gasteiger partial charge in [-0.3, -0.25) is 9.59 Å². The van der Waals surface area contributed by atoms with Crippen molar-refractivity contribution in [2.75, 3.05) is 6.26 Å². The third-order valence-electron chi connectivity index (χ3n) is 2.46. The van der Waals surface area contributed by atoms with E-state index in [1.54, 1.807) is 6.08 Å². The molecular formula is C14H24O2S. The molecule has 0 aromatic carbocycles. The van der Waals surface area contributed by atoms with Crippen molar-refractivity contribution in [3.05, 3.63) is 11.0 Å². The van der Waals surface area contributed by atoms with Gasteiger partial charge >= 0.3 is 0 Å². The van der Waals surface area contributed by atoms with Gasteiger partial charge in [0, 0.05) is 17.3 Å². The lowest BCUT2D eigenvalue weighted by Gasteiger charge is -2.18. The number of ketones is 2. The lowest BCUT2D eigenvalue weighted by Crippen LogP contribution is -2.21. The predicted octanol–water partition coefficient (Wildman–Crippen LogP) is 3.85. The number of carbonyl (C=O) groups excluding carboxylic acids is 2. The summed E-state index contributed by atoms with van der Waals surface area (Å²) in [6, 6.07) is 0. The average Bonchev–Trinajstić information content (AvgIpc) is 2.13. The van der Waals surface area contributed by atoms with Gasteiger partial charge in [0.15, 0.2) is 5.78 Å². The van der Waals surface area contributed by atoms with E-state index >= 15 is 0 Å². The van der Waals surface area contributed by atoms with Crippen LogP contribution in [0, 0.1) is 10.8 Å². The van der Waals surface area contributed by atoms with Crippen molar-refractivity contribution >= 4 is 23.3 Å². The Morgan fingerprint density at radius 1 is 1.00 bits per heavy atom. The van der Waals surface area contributed by atoms with Gasteiger partial charge < -0.3 is 0 Å². The summed E-state index contributed by atoms with van der Waals surface area (Å²) in [6.45, 7) is 11.4. The Balaban J connectivity index is 4.83. The van der Waals surface area contributed by atoms with Crippen LogP contribution < -0.4 is 0 Å². The minimum Gasteiger partial charge on any atom is -0.299 e. The van der Waals surface area contributed by atoms with Gasteiger partial charge in [-0.1, -0.05) is 41.5 Å². The van der Waals surface area contributed by atoms with Crippen LogP contribution in [-0.2, 0) is 9.59 Å². The molecule has 98 valence electrons. The van der Waals surface area contributed by atoms with Crippen LogP contribution in [0.4, 0.5) is 0 Å². The molecule has 0 spiro atoms. The Kier molecular flexibility index (Phi) is 5.66. The third kappa shape index (κ3) is 6.06. The molecule has 0 heterocycles. The maximum atomic E-state index is 11.9. The van der Waals surface area contributed by atoms with E-state index in [4.69, 9.17) is 0 Å². The van der Waals surface area contributed by atoms with E-state index in [9.17, 15) is 9.59 Å². The highest BCUT2D eigenvalue weighted by Crippen LogP contribution is 2.26. The number of hydrogen-bond donors (Lipinski definition) is 0. The van der Waals surface area contributed by atoms with Crippen LogP contribution in [0.15, 0.2) is 11.0 Å². The second kappa shape index (κ2) is 5.85. The molecule has 0 aliphatic heterocycles. The normalized spacial score (nSPS) is 13.7. The van der Waals surface area contributed by atoms with Crippen molar-refractivity contribution in [2.24, 2.45) is 10.8 Å². The van der Waals surface area contributed by atoms with Gasteiger partial charge in [0.2, 0.25) is 0 Å². The molecule has 0 unspecified atom stereocenters. The summed E-state index contributed by atoms with van der Waals surface area (Å²) in [5, 5.41) is 0. The van der Waals surface area contributed by atoms with E-state index in [2.05, 4.69) is 0 Å². The van der Waals surface area contributed by atoms with Crippen molar-refractivity contribution in [1.29, 1.82) is 0 Å². The van der Waals surface area contributed by atoms with Gasteiger partial charge in [0.05, 0.1) is 0 Å². The molecule has 2 nitrogen and oxygen atoms in total. The zero-order valence-electron chi connectivity index (χ0n) is 12.0. The first kappa shape index (κ1) is 16.4. The van der Waals surface area contributed by atoms with Crippen LogP contribution in [0.3, 0.4) is 0 Å². The standard InChI is InChI=1S/C14H24O2S/c1-13(2,3)11(15)8-10(17-7)9-12(16)14(4,5)6/h8H,9H2,1-7H3/b10-8+. The fourth-order valence-electron chi connectivity index (χ4n) is 0.968. The summed E-state index contributed by atoms with van der Waals surface area (Å²) in [7, 11) is 0. The van der Waals surface area contributed by atoms with Gasteiger partial charge in [-0.2, -0.15) is 0 Å². The lowest BCUT2D eigenvalue weighted by atomic mass is 9.87. The SMILES string of the molecule is CS/C(=C/C(=O)C(C)(C)C)CC(=O)C(C)(C)C. The third-order valence-corrected chi connectivity index (χ3v) is 3.25. The van der Waals surface area contributed by atoms with Gasteiger partial charge in [0.25, 0.3) is 0 Å². The van der Waals surface area contributed by atoms with Crippen LogP contribution in [-0.4, -0.2) is 17.8 Å². The number of hydrogen-bond acceptors (Lipinski definition) is 3. The van der Waals surface area contributed by atoms with Gasteiger partial charge in [0.1, 0.15) is 5.78 Å². The monoisotopic (exact) mass is 256 g/mol. The highest BCUT2D eigenvalue weighted by molar-refractivity contribution is 8.02. The average molecular weight is 256 g/mol. The molecule has 0 rings (SSSR count). The quantitative estimate of drug-likeness (QED) is 0.716. The second-order valence-corrected chi connectivity index (χ2v) is 7.21. The summed E-state index contributed by atoms with van der Waals surface area (Å²) in [4.78, 5) is 24.6. The van der Waals surface area contributed by atoms with E-state index in [1.807, 2.05) is 47.8 Å². The predicted molar refractivity (Wildman–Crippen MR) is 75.1 cm³/mol. The summed E-state index contributed by atoms with van der Waals surface area (Å²) < 4.78 is 0. The number of allylic oxidation sites excluding steroid dienone is 2. The number of Topliss-reactive ketones (excluding diaryl/α,β-unsaturated/α-hetero) is 1. The summed E-state index contributed by atoms with van der Waals surface area (Å²) in [5.74, 6) is 0.239. The van der Waals surface area contributed by atoms with Crippen molar-refractivity contribution < 1.29 is 9.59 Å². The Bertz CT molecular complexity index is 327. The first-order chi connectivity index (χ1) is 7.48. The molecule has 0 aliphatic rings. The Morgan fingerprint density at radius 3 is 1.76 bits per heavy atom. The van der Waals surface area contributed by atoms with E-state index < -0.39 is 0 Å². The molecule has 0 N–H and O–H groups in total. The lowest BCUT2D eigenvalue weighted by molar-refractivity contribution is -0.125. The van der Waals surface area contributed by atoms with Gasteiger partial charge in [-0.05, 0) is 17.2 Å². The van der Waals surface area contributed by atoms with Crippen molar-refractivity contribution in [2.45, 2.75) is 48.0 Å². The summed E-state index contributed by atoms with van der Waals surface area (Å²) in [5.41, 5.74) is -0.731. The van der Waals surface area contributed by atoms with Crippen molar-refractivity contribution in [1.82, 2.24) is 0 Å². The highest BCUT2D eigenvalue weighted by atomic mass is 32.2. The summed E-state index contributed by atoms with van der Waals surface area (Å²) in [6.07, 6.45) is 3.87. The zero-order chi connectivity index (χ0) is 13.9. The highest BCUT2D eigenvalue weighted by Gasteiger charge is 2.24. The van der Waals surface area contributed by atoms with Crippen LogP contribution in [0.2, 0.25) is 0 Å². The first-order valence-electron chi connectivity index (χ1n) is 5.81. The molecule has 0 saturated heterocycles. The van der Waals surface area contributed by atoms with E-state index in [-0.39, 0.29) is 22.4 Å². The smallest absolute Gasteiger partial charge is 0.161 e. The Hall–Kier alpha value is -0.570. The topological polar surface area (TPSA) is 34.1 Å². The molecule has 0 amide bonds. The number of rotatable bonds is 4. The minimum absolute atomic E-state index is 0.0727. The van der Waals surface area contributed by atoms with E-state index in [1.165, 1.54) is 11.8 Å². The van der Waals surface area contributed by atoms with Crippen molar-refractivity contribution in [3.63, 3.8) is 0 Å². The van der Waals surface area contributed by atoms with Crippen LogP contribution >= 0.6 is 11.8 Å². The van der Waals surface area contributed by atoms with Crippen LogP contribution in [0.25, 0.3) is 0 Å². The largest absolute Gasteiger partial charge is 0.299 e. The zero-order valence-corrected chi connectivity index (χ0v) is 12.8. The van der Waals surface area contributed by atoms with Gasteiger partial charge in [-0.15, -0.1) is 11.8 Å². The number of carbonyl (C=O) groups is 2. The molecule has 0 aromatic heterocycles. The second-order valence-electron chi connectivity index (χ2n) is 6.28. The molecular weight excluding hydrogens is 232 g/mol. The van der Waals surface area contributed by atoms with Gasteiger partial charge in [-0.25, -0.2) is 0 Å². The Morgan fingerprint density at radius 2 is 1.47 bits per heavy atom. The van der Waals surface area contributed by atoms with E-state index in [0.29, 0.717) is 6.42 Å². The molecule has 3 heteroatoms. The molecule has 0 saturated carbocycles. The molecule has 0 aliphatic carbocycles. The van der Waals surface area contributed by atoms with Crippen LogP contribution in [0.5, 0.6) is 0 Å². The maximum Gasteiger partial charge on any atom is 0.161 e. The molecule has 0 fully saturated rings. The molecule has 0 atom stereocenters. The molecule has 0 bridgehead atoms. The number of thioether (sulfide) groups is 1. The molecule has 0 aromatic rings. The maximum absolute atomic E-state index is 11.9. The summed E-state index contributed by atoms with van der Waals surface area (Å²) >= 11 is 1.48. The minimum atomic E-state index is -0.383. The Labute approximate surface area is 109 Å². The molecule has 0 radical (unpaired) electrons. The van der Waals surface area contributed by atoms with Crippen LogP contribution in [0.1, 0.15) is 48.0 Å². The fraction of sp³-hybridized carbons (Fsp3) is 0.714. The fourth-order valence-corrected chi connectivity index (χ4v) is 1.47.